The van der Waals surface area contributed by atoms with Gasteiger partial charge in [0.15, 0.2) is 0 Å². The molecular formula is C12H26BrNO3Si. The minimum Gasteiger partial charge on any atom is -0.480 e. The van der Waals surface area contributed by atoms with Gasteiger partial charge in [-0.15, -0.1) is 0 Å². The van der Waals surface area contributed by atoms with Crippen LogP contribution in [0.25, 0.3) is 0 Å². The van der Waals surface area contributed by atoms with Crippen LogP contribution in [0.1, 0.15) is 40.5 Å². The van der Waals surface area contributed by atoms with E-state index in [1.165, 1.54) is 0 Å². The monoisotopic (exact) mass is 339 g/mol. The molecule has 6 heteroatoms. The van der Waals surface area contributed by atoms with Crippen molar-refractivity contribution >= 4 is 30.2 Å². The second kappa shape index (κ2) is 6.50. The number of nitrogens with one attached hydrogen (secondary N) is 1. The van der Waals surface area contributed by atoms with Crippen LogP contribution >= 0.6 is 15.9 Å². The number of rotatable bonds is 7. The molecule has 2 N–H and O–H groups in total. The summed E-state index contributed by atoms with van der Waals surface area (Å²) in [5, 5.41) is 10.1. The molecule has 0 aromatic carbocycles. The summed E-state index contributed by atoms with van der Waals surface area (Å²) in [4.78, 5) is 11.5. The zero-order valence-corrected chi connectivity index (χ0v) is 14.8. The Hall–Kier alpha value is 0.0869. The zero-order chi connectivity index (χ0) is 14.6. The van der Waals surface area contributed by atoms with Crippen LogP contribution in [-0.2, 0) is 9.32 Å². The van der Waals surface area contributed by atoms with Crippen molar-refractivity contribution in [3.8, 4) is 0 Å². The average molecular weight is 340 g/mol. The number of hydroxylamine groups is 1. The first kappa shape index (κ1) is 18.1. The highest BCUT2D eigenvalue weighted by Gasteiger charge is 2.43. The van der Waals surface area contributed by atoms with E-state index in [9.17, 15) is 9.90 Å². The minimum absolute atomic E-state index is 0.0480. The Morgan fingerprint density at radius 1 is 1.39 bits per heavy atom. The molecule has 1 atom stereocenters. The molecule has 18 heavy (non-hydrogen) atoms. The number of carboxylic acid groups (broad SMARTS) is 1. The average Bonchev–Trinajstić information content (AvgIpc) is 2.22. The Morgan fingerprint density at radius 2 is 1.89 bits per heavy atom. The van der Waals surface area contributed by atoms with Crippen LogP contribution in [0.2, 0.25) is 18.1 Å². The lowest BCUT2D eigenvalue weighted by molar-refractivity contribution is -0.149. The number of halogens is 1. The Labute approximate surface area is 120 Å². The molecule has 0 aliphatic carbocycles. The molecule has 0 bridgehead atoms. The number of carboxylic acids is 1. The minimum atomic E-state index is -2.00. The molecule has 0 aliphatic rings. The van der Waals surface area contributed by atoms with Crippen LogP contribution in [0.5, 0.6) is 0 Å². The van der Waals surface area contributed by atoms with Gasteiger partial charge in [0, 0.05) is 5.33 Å². The number of aliphatic carboxylic acids is 1. The van der Waals surface area contributed by atoms with Crippen molar-refractivity contribution in [1.29, 1.82) is 0 Å². The summed E-state index contributed by atoms with van der Waals surface area (Å²) in [7, 11) is -2.00. The third-order valence-corrected chi connectivity index (χ3v) is 8.46. The van der Waals surface area contributed by atoms with Crippen molar-refractivity contribution in [3.05, 3.63) is 0 Å². The maximum atomic E-state index is 11.5. The van der Waals surface area contributed by atoms with Gasteiger partial charge in [0.2, 0.25) is 8.32 Å². The van der Waals surface area contributed by atoms with Crippen LogP contribution in [0, 0.1) is 0 Å². The van der Waals surface area contributed by atoms with Gasteiger partial charge < -0.3 is 9.63 Å². The summed E-state index contributed by atoms with van der Waals surface area (Å²) < 4.78 is 5.85. The van der Waals surface area contributed by atoms with E-state index in [0.29, 0.717) is 18.2 Å². The topological polar surface area (TPSA) is 58.6 Å². The van der Waals surface area contributed by atoms with Gasteiger partial charge in [-0.25, -0.2) is 0 Å². The summed E-state index contributed by atoms with van der Waals surface area (Å²) in [5.74, 6) is -0.858. The molecule has 0 aromatic heterocycles. The lowest BCUT2D eigenvalue weighted by Gasteiger charge is -2.39. The second-order valence-electron chi connectivity index (χ2n) is 6.14. The maximum absolute atomic E-state index is 11.5. The molecule has 0 fully saturated rings. The molecule has 0 aromatic rings. The van der Waals surface area contributed by atoms with E-state index in [1.54, 1.807) is 0 Å². The highest BCUT2D eigenvalue weighted by molar-refractivity contribution is 9.09. The van der Waals surface area contributed by atoms with Crippen LogP contribution in [0.3, 0.4) is 0 Å². The van der Waals surface area contributed by atoms with Crippen LogP contribution in [0.4, 0.5) is 0 Å². The zero-order valence-electron chi connectivity index (χ0n) is 12.3. The van der Waals surface area contributed by atoms with Gasteiger partial charge in [-0.2, -0.15) is 5.48 Å². The van der Waals surface area contributed by atoms with Gasteiger partial charge in [0.1, 0.15) is 5.54 Å². The smallest absolute Gasteiger partial charge is 0.326 e. The predicted molar refractivity (Wildman–Crippen MR) is 80.5 cm³/mol. The molecule has 0 unspecified atom stereocenters. The van der Waals surface area contributed by atoms with Crippen LogP contribution in [0.15, 0.2) is 0 Å². The highest BCUT2D eigenvalue weighted by atomic mass is 79.9. The molecule has 0 saturated carbocycles. The molecule has 0 rings (SSSR count). The normalized spacial score (nSPS) is 16.4. The fourth-order valence-corrected chi connectivity index (χ4v) is 2.58. The van der Waals surface area contributed by atoms with Crippen molar-refractivity contribution in [2.75, 3.05) is 5.33 Å². The highest BCUT2D eigenvalue weighted by Crippen LogP contribution is 2.36. The maximum Gasteiger partial charge on any atom is 0.326 e. The molecule has 0 radical (unpaired) electrons. The van der Waals surface area contributed by atoms with E-state index in [4.69, 9.17) is 4.53 Å². The predicted octanol–water partition coefficient (Wildman–Crippen LogP) is 3.53. The van der Waals surface area contributed by atoms with Crippen LogP contribution < -0.4 is 5.48 Å². The Kier molecular flexibility index (Phi) is 6.53. The molecule has 0 amide bonds. The van der Waals surface area contributed by atoms with Gasteiger partial charge in [-0.3, -0.25) is 4.79 Å². The van der Waals surface area contributed by atoms with E-state index in [2.05, 4.69) is 55.3 Å². The fraction of sp³-hybridized carbons (Fsp3) is 0.917. The number of carbonyl (C=O) groups is 1. The molecule has 4 nitrogen and oxygen atoms in total. The molecule has 0 heterocycles. The van der Waals surface area contributed by atoms with Crippen molar-refractivity contribution in [2.45, 2.75) is 64.2 Å². The third kappa shape index (κ3) is 4.33. The van der Waals surface area contributed by atoms with Gasteiger partial charge in [0.05, 0.1) is 0 Å². The van der Waals surface area contributed by atoms with Crippen molar-refractivity contribution in [3.63, 3.8) is 0 Å². The molecule has 0 aliphatic heterocycles. The van der Waals surface area contributed by atoms with E-state index in [-0.39, 0.29) is 5.04 Å². The van der Waals surface area contributed by atoms with E-state index >= 15 is 0 Å². The second-order valence-corrected chi connectivity index (χ2v) is 11.7. The van der Waals surface area contributed by atoms with Crippen LogP contribution in [-0.4, -0.2) is 30.3 Å². The number of hydrogen-bond donors (Lipinski definition) is 2. The summed E-state index contributed by atoms with van der Waals surface area (Å²) in [6.07, 6.45) is 0.982. The van der Waals surface area contributed by atoms with Gasteiger partial charge in [-0.05, 0) is 31.0 Å². The van der Waals surface area contributed by atoms with Crippen molar-refractivity contribution < 1.29 is 14.4 Å². The molecule has 0 saturated heterocycles. The summed E-state index contributed by atoms with van der Waals surface area (Å²) in [6.45, 7) is 12.4. The summed E-state index contributed by atoms with van der Waals surface area (Å²) in [5.41, 5.74) is 1.86. The quantitative estimate of drug-likeness (QED) is 0.423. The molecule has 0 spiro atoms. The first-order valence-corrected chi connectivity index (χ1v) is 10.3. The Balaban J connectivity index is 4.88. The summed E-state index contributed by atoms with van der Waals surface area (Å²) >= 11 is 3.31. The third-order valence-electron chi connectivity index (χ3n) is 3.84. The van der Waals surface area contributed by atoms with Crippen molar-refractivity contribution in [2.24, 2.45) is 0 Å². The lowest BCUT2D eigenvalue weighted by atomic mass is 9.94. The van der Waals surface area contributed by atoms with Crippen molar-refractivity contribution in [1.82, 2.24) is 5.48 Å². The molecular weight excluding hydrogens is 314 g/mol. The standard InChI is InChI=1S/C12H26BrNO3Si/c1-7-12(8-9-13,10(15)16)14-17-18(5,6)11(2,3)4/h14H,7-9H2,1-6H3,(H,15,16)/t12-/m0/s1. The SMILES string of the molecule is CC[C@@](CCBr)(NO[Si](C)(C)C(C)(C)C)C(=O)O. The van der Waals surface area contributed by atoms with E-state index in [1.807, 2.05) is 6.92 Å². The Morgan fingerprint density at radius 3 is 2.17 bits per heavy atom. The Bertz CT molecular complexity index is 292. The van der Waals surface area contributed by atoms with E-state index < -0.39 is 19.8 Å². The van der Waals surface area contributed by atoms with Gasteiger partial charge in [0.25, 0.3) is 0 Å². The number of alkyl halides is 1. The van der Waals surface area contributed by atoms with Gasteiger partial charge >= 0.3 is 5.97 Å². The first-order valence-electron chi connectivity index (χ1n) is 6.27. The number of hydrogen-bond acceptors (Lipinski definition) is 3. The summed E-state index contributed by atoms with van der Waals surface area (Å²) in [6, 6.07) is 0. The lowest BCUT2D eigenvalue weighted by Crippen LogP contribution is -2.57. The fourth-order valence-electron chi connectivity index (χ4n) is 1.14. The van der Waals surface area contributed by atoms with Gasteiger partial charge in [-0.1, -0.05) is 43.6 Å². The molecule has 108 valence electrons. The van der Waals surface area contributed by atoms with E-state index in [0.717, 1.165) is 0 Å². The first-order chi connectivity index (χ1) is 8.02. The largest absolute Gasteiger partial charge is 0.480 e.